The summed E-state index contributed by atoms with van der Waals surface area (Å²) in [7, 11) is 0. The summed E-state index contributed by atoms with van der Waals surface area (Å²) in [6.45, 7) is -2.92. The maximum Gasteiger partial charge on any atom is 0.387 e. The van der Waals surface area contributed by atoms with Gasteiger partial charge >= 0.3 is 6.61 Å². The lowest BCUT2D eigenvalue weighted by atomic mass is 9.98. The van der Waals surface area contributed by atoms with E-state index in [9.17, 15) is 18.0 Å². The van der Waals surface area contributed by atoms with Gasteiger partial charge in [0.15, 0.2) is 0 Å². The number of carbonyl (C=O) groups is 1. The Bertz CT molecular complexity index is 899. The van der Waals surface area contributed by atoms with E-state index < -0.39 is 24.4 Å². The van der Waals surface area contributed by atoms with Gasteiger partial charge in [-0.15, -0.1) is 0 Å². The number of halogens is 3. The number of benzene rings is 3. The van der Waals surface area contributed by atoms with Crippen LogP contribution in [-0.2, 0) is 0 Å². The van der Waals surface area contributed by atoms with Gasteiger partial charge in [0, 0.05) is 0 Å². The van der Waals surface area contributed by atoms with Crippen LogP contribution in [0.4, 0.5) is 13.2 Å². The predicted octanol–water partition coefficient (Wildman–Crippen LogP) is 4.95. The Kier molecular flexibility index (Phi) is 5.76. The topological polar surface area (TPSA) is 38.3 Å². The van der Waals surface area contributed by atoms with E-state index in [0.717, 1.165) is 5.56 Å². The van der Waals surface area contributed by atoms with Crippen LogP contribution in [0, 0.1) is 5.82 Å². The third-order valence-corrected chi connectivity index (χ3v) is 3.97. The molecule has 6 heteroatoms. The molecule has 1 N–H and O–H groups in total. The molecular formula is C21H16F3NO2. The quantitative estimate of drug-likeness (QED) is 0.666. The van der Waals surface area contributed by atoms with E-state index >= 15 is 0 Å². The van der Waals surface area contributed by atoms with Crippen molar-refractivity contribution in [2.75, 3.05) is 0 Å². The van der Waals surface area contributed by atoms with Crippen LogP contribution < -0.4 is 10.1 Å². The number of amides is 1. The first-order valence-electron chi connectivity index (χ1n) is 8.19. The van der Waals surface area contributed by atoms with Crippen molar-refractivity contribution >= 4 is 5.91 Å². The van der Waals surface area contributed by atoms with Gasteiger partial charge in [0.25, 0.3) is 5.91 Å². The Morgan fingerprint density at radius 2 is 1.41 bits per heavy atom. The average molecular weight is 371 g/mol. The number of hydrogen-bond acceptors (Lipinski definition) is 2. The van der Waals surface area contributed by atoms with E-state index in [1.807, 2.05) is 30.3 Å². The average Bonchev–Trinajstić information content (AvgIpc) is 2.67. The highest BCUT2D eigenvalue weighted by Crippen LogP contribution is 2.25. The second kappa shape index (κ2) is 8.40. The summed E-state index contributed by atoms with van der Waals surface area (Å²) in [5.41, 5.74) is 1.34. The van der Waals surface area contributed by atoms with Gasteiger partial charge < -0.3 is 10.1 Å². The van der Waals surface area contributed by atoms with Gasteiger partial charge in [-0.3, -0.25) is 4.79 Å². The number of carbonyl (C=O) groups excluding carboxylic acids is 1. The highest BCUT2D eigenvalue weighted by molar-refractivity contribution is 5.94. The normalized spacial score (nSPS) is 11.9. The molecule has 3 rings (SSSR count). The van der Waals surface area contributed by atoms with Gasteiger partial charge in [0.05, 0.1) is 11.6 Å². The van der Waals surface area contributed by atoms with Crippen LogP contribution in [0.2, 0.25) is 0 Å². The number of nitrogens with one attached hydrogen (secondary N) is 1. The zero-order chi connectivity index (χ0) is 19.2. The van der Waals surface area contributed by atoms with Gasteiger partial charge in [-0.2, -0.15) is 8.78 Å². The number of ether oxygens (including phenoxy) is 1. The zero-order valence-corrected chi connectivity index (χ0v) is 14.1. The standard InChI is InChI=1S/C21H16F3NO2/c22-18-9-5-4-8-17(18)20(26)25-19(14-6-2-1-3-7-14)15-10-12-16(13-11-15)27-21(23)24/h1-13,19,21H,(H,25,26)/t19-/m1/s1. The van der Waals surface area contributed by atoms with Crippen molar-refractivity contribution < 1.29 is 22.7 Å². The maximum absolute atomic E-state index is 13.9. The molecule has 0 saturated heterocycles. The van der Waals surface area contributed by atoms with Gasteiger partial charge in [-0.05, 0) is 35.4 Å². The van der Waals surface area contributed by atoms with Crippen LogP contribution >= 0.6 is 0 Å². The minimum absolute atomic E-state index is 0.0148. The van der Waals surface area contributed by atoms with Crippen molar-refractivity contribution in [3.63, 3.8) is 0 Å². The summed E-state index contributed by atoms with van der Waals surface area (Å²) in [5, 5.41) is 2.80. The molecule has 0 bridgehead atoms. The summed E-state index contributed by atoms with van der Waals surface area (Å²) in [5.74, 6) is -1.18. The summed E-state index contributed by atoms with van der Waals surface area (Å²) in [6, 6.07) is 20.1. The predicted molar refractivity (Wildman–Crippen MR) is 95.2 cm³/mol. The van der Waals surface area contributed by atoms with Crippen molar-refractivity contribution in [3.8, 4) is 5.75 Å². The largest absolute Gasteiger partial charge is 0.435 e. The summed E-state index contributed by atoms with van der Waals surface area (Å²) in [6.07, 6.45) is 0. The third kappa shape index (κ3) is 4.67. The first kappa shape index (κ1) is 18.5. The molecule has 27 heavy (non-hydrogen) atoms. The van der Waals surface area contributed by atoms with E-state index in [2.05, 4.69) is 10.1 Å². The lowest BCUT2D eigenvalue weighted by Crippen LogP contribution is -2.30. The van der Waals surface area contributed by atoms with E-state index in [1.54, 1.807) is 18.2 Å². The fourth-order valence-corrected chi connectivity index (χ4v) is 2.70. The van der Waals surface area contributed by atoms with Crippen molar-refractivity contribution in [3.05, 3.63) is 101 Å². The molecule has 3 aromatic carbocycles. The molecule has 0 unspecified atom stereocenters. The molecule has 138 valence electrons. The smallest absolute Gasteiger partial charge is 0.387 e. The lowest BCUT2D eigenvalue weighted by molar-refractivity contribution is -0.0498. The highest BCUT2D eigenvalue weighted by Gasteiger charge is 2.20. The van der Waals surface area contributed by atoms with Gasteiger partial charge in [0.1, 0.15) is 11.6 Å². The Morgan fingerprint density at radius 1 is 0.815 bits per heavy atom. The van der Waals surface area contributed by atoms with E-state index in [4.69, 9.17) is 0 Å². The van der Waals surface area contributed by atoms with Crippen LogP contribution in [0.3, 0.4) is 0 Å². The molecule has 0 heterocycles. The van der Waals surface area contributed by atoms with Gasteiger partial charge in [-0.25, -0.2) is 4.39 Å². The Labute approximate surface area is 154 Å². The minimum atomic E-state index is -2.92. The van der Waals surface area contributed by atoms with Crippen molar-refractivity contribution in [2.24, 2.45) is 0 Å². The van der Waals surface area contributed by atoms with Crippen LogP contribution in [0.25, 0.3) is 0 Å². The molecule has 0 aliphatic carbocycles. The molecule has 0 saturated carbocycles. The number of rotatable bonds is 6. The Hall–Kier alpha value is -3.28. The number of hydrogen-bond donors (Lipinski definition) is 1. The fraction of sp³-hybridized carbons (Fsp3) is 0.0952. The molecular weight excluding hydrogens is 355 g/mol. The van der Waals surface area contributed by atoms with E-state index in [-0.39, 0.29) is 11.3 Å². The fourth-order valence-electron chi connectivity index (χ4n) is 2.70. The monoisotopic (exact) mass is 371 g/mol. The molecule has 1 atom stereocenters. The second-order valence-electron chi connectivity index (χ2n) is 5.74. The molecule has 3 nitrogen and oxygen atoms in total. The SMILES string of the molecule is O=C(N[C@H](c1ccccc1)c1ccc(OC(F)F)cc1)c1ccccc1F. The van der Waals surface area contributed by atoms with E-state index in [1.165, 1.54) is 30.3 Å². The molecule has 0 aliphatic rings. The zero-order valence-electron chi connectivity index (χ0n) is 14.1. The lowest BCUT2D eigenvalue weighted by Gasteiger charge is -2.20. The Balaban J connectivity index is 1.90. The molecule has 0 spiro atoms. The van der Waals surface area contributed by atoms with Crippen molar-refractivity contribution in [1.29, 1.82) is 0 Å². The molecule has 3 aromatic rings. The molecule has 0 fully saturated rings. The van der Waals surface area contributed by atoms with Crippen LogP contribution in [0.15, 0.2) is 78.9 Å². The van der Waals surface area contributed by atoms with Crippen LogP contribution in [0.5, 0.6) is 5.75 Å². The minimum Gasteiger partial charge on any atom is -0.435 e. The first-order valence-corrected chi connectivity index (χ1v) is 8.19. The summed E-state index contributed by atoms with van der Waals surface area (Å²) < 4.78 is 42.9. The maximum atomic E-state index is 13.9. The van der Waals surface area contributed by atoms with Crippen LogP contribution in [0.1, 0.15) is 27.5 Å². The molecule has 0 aliphatic heterocycles. The van der Waals surface area contributed by atoms with E-state index in [0.29, 0.717) is 5.56 Å². The first-order chi connectivity index (χ1) is 13.0. The second-order valence-corrected chi connectivity index (χ2v) is 5.74. The highest BCUT2D eigenvalue weighted by atomic mass is 19.3. The molecule has 0 aromatic heterocycles. The Morgan fingerprint density at radius 3 is 2.04 bits per heavy atom. The number of alkyl halides is 2. The molecule has 0 radical (unpaired) electrons. The van der Waals surface area contributed by atoms with Gasteiger partial charge in [-0.1, -0.05) is 54.6 Å². The third-order valence-electron chi connectivity index (χ3n) is 3.97. The van der Waals surface area contributed by atoms with Crippen molar-refractivity contribution in [1.82, 2.24) is 5.32 Å². The van der Waals surface area contributed by atoms with Crippen LogP contribution in [-0.4, -0.2) is 12.5 Å². The van der Waals surface area contributed by atoms with Gasteiger partial charge in [0.2, 0.25) is 0 Å². The summed E-state index contributed by atoms with van der Waals surface area (Å²) >= 11 is 0. The van der Waals surface area contributed by atoms with Crippen molar-refractivity contribution in [2.45, 2.75) is 12.7 Å². The molecule has 1 amide bonds. The summed E-state index contributed by atoms with van der Waals surface area (Å²) in [4.78, 5) is 12.6.